The molecule has 1 atom stereocenters. The first kappa shape index (κ1) is 14.7. The number of carbonyl (C=O) groups is 1. The summed E-state index contributed by atoms with van der Waals surface area (Å²) in [5.74, 6) is 0.338. The Labute approximate surface area is 120 Å². The molecule has 0 bridgehead atoms. The minimum atomic E-state index is -0.114. The number of nitrogens with two attached hydrogens (primary N) is 1. The summed E-state index contributed by atoms with van der Waals surface area (Å²) in [5, 5.41) is 3.09. The zero-order valence-electron chi connectivity index (χ0n) is 12.2. The second-order valence-electron chi connectivity index (χ2n) is 5.13. The van der Waals surface area contributed by atoms with Gasteiger partial charge in [-0.25, -0.2) is 0 Å². The molecule has 1 aromatic carbocycles. The van der Waals surface area contributed by atoms with Gasteiger partial charge in [-0.2, -0.15) is 0 Å². The SMILES string of the molecule is CCN1CCCC(NC(=O)c2cccc(N)c2OC)C1. The Morgan fingerprint density at radius 2 is 2.35 bits per heavy atom. The van der Waals surface area contributed by atoms with E-state index in [0.29, 0.717) is 17.0 Å². The van der Waals surface area contributed by atoms with Crippen molar-refractivity contribution in [3.05, 3.63) is 23.8 Å². The summed E-state index contributed by atoms with van der Waals surface area (Å²) in [6.45, 7) is 5.19. The van der Waals surface area contributed by atoms with Gasteiger partial charge < -0.3 is 20.7 Å². The first-order valence-corrected chi connectivity index (χ1v) is 7.11. The van der Waals surface area contributed by atoms with Crippen molar-refractivity contribution in [2.75, 3.05) is 32.5 Å². The molecule has 5 heteroatoms. The molecule has 20 heavy (non-hydrogen) atoms. The Morgan fingerprint density at radius 1 is 1.55 bits per heavy atom. The molecule has 0 spiro atoms. The van der Waals surface area contributed by atoms with Crippen LogP contribution in [0.5, 0.6) is 5.75 Å². The standard InChI is InChI=1S/C15H23N3O2/c1-3-18-9-5-6-11(10-18)17-15(19)12-7-4-8-13(16)14(12)20-2/h4,7-8,11H,3,5-6,9-10,16H2,1-2H3,(H,17,19). The third kappa shape index (κ3) is 3.22. The van der Waals surface area contributed by atoms with E-state index in [2.05, 4.69) is 17.1 Å². The zero-order chi connectivity index (χ0) is 14.5. The number of nitrogens with one attached hydrogen (secondary N) is 1. The van der Waals surface area contributed by atoms with E-state index in [9.17, 15) is 4.79 Å². The molecule has 1 fully saturated rings. The smallest absolute Gasteiger partial charge is 0.255 e. The molecule has 0 aliphatic carbocycles. The Kier molecular flexibility index (Phi) is 4.84. The topological polar surface area (TPSA) is 67.6 Å². The van der Waals surface area contributed by atoms with E-state index < -0.39 is 0 Å². The highest BCUT2D eigenvalue weighted by Gasteiger charge is 2.22. The lowest BCUT2D eigenvalue weighted by Crippen LogP contribution is -2.47. The maximum absolute atomic E-state index is 12.4. The van der Waals surface area contributed by atoms with Crippen molar-refractivity contribution in [1.29, 1.82) is 0 Å². The number of piperidine rings is 1. The minimum absolute atomic E-state index is 0.114. The van der Waals surface area contributed by atoms with Crippen LogP contribution in [0.2, 0.25) is 0 Å². The van der Waals surface area contributed by atoms with Crippen molar-refractivity contribution < 1.29 is 9.53 Å². The summed E-state index contributed by atoms with van der Waals surface area (Å²) in [6.07, 6.45) is 2.14. The summed E-state index contributed by atoms with van der Waals surface area (Å²) in [5.41, 5.74) is 6.82. The van der Waals surface area contributed by atoms with Gasteiger partial charge in [0.15, 0.2) is 5.75 Å². The van der Waals surface area contributed by atoms with Gasteiger partial charge in [0, 0.05) is 12.6 Å². The zero-order valence-corrected chi connectivity index (χ0v) is 12.2. The number of benzene rings is 1. The summed E-state index contributed by atoms with van der Waals surface area (Å²) in [6, 6.07) is 5.44. The molecule has 1 heterocycles. The number of ether oxygens (including phenoxy) is 1. The van der Waals surface area contributed by atoms with Crippen LogP contribution in [-0.2, 0) is 0 Å². The van der Waals surface area contributed by atoms with Crippen LogP contribution in [0.3, 0.4) is 0 Å². The summed E-state index contributed by atoms with van der Waals surface area (Å²) < 4.78 is 5.23. The number of hydrogen-bond donors (Lipinski definition) is 2. The van der Waals surface area contributed by atoms with Crippen LogP contribution >= 0.6 is 0 Å². The van der Waals surface area contributed by atoms with E-state index in [0.717, 1.165) is 32.5 Å². The molecule has 110 valence electrons. The van der Waals surface area contributed by atoms with Crippen molar-refractivity contribution >= 4 is 11.6 Å². The van der Waals surface area contributed by atoms with Gasteiger partial charge in [0.1, 0.15) is 0 Å². The van der Waals surface area contributed by atoms with Crippen molar-refractivity contribution in [1.82, 2.24) is 10.2 Å². The minimum Gasteiger partial charge on any atom is -0.494 e. The fourth-order valence-corrected chi connectivity index (χ4v) is 2.69. The molecule has 1 aromatic rings. The average molecular weight is 277 g/mol. The van der Waals surface area contributed by atoms with Crippen LogP contribution in [-0.4, -0.2) is 43.6 Å². The molecule has 0 saturated carbocycles. The summed E-state index contributed by atoms with van der Waals surface area (Å²) >= 11 is 0. The first-order chi connectivity index (χ1) is 9.65. The van der Waals surface area contributed by atoms with Gasteiger partial charge in [0.2, 0.25) is 0 Å². The molecular formula is C15H23N3O2. The fourth-order valence-electron chi connectivity index (χ4n) is 2.69. The van der Waals surface area contributed by atoms with Gasteiger partial charge >= 0.3 is 0 Å². The fraction of sp³-hybridized carbons (Fsp3) is 0.533. The van der Waals surface area contributed by atoms with Crippen LogP contribution in [0.4, 0.5) is 5.69 Å². The number of likely N-dealkylation sites (N-methyl/N-ethyl adjacent to an activating group) is 1. The lowest BCUT2D eigenvalue weighted by Gasteiger charge is -2.32. The highest BCUT2D eigenvalue weighted by atomic mass is 16.5. The number of nitrogens with zero attached hydrogens (tertiary/aromatic N) is 1. The average Bonchev–Trinajstić information content (AvgIpc) is 2.47. The van der Waals surface area contributed by atoms with Crippen LogP contribution in [0.15, 0.2) is 18.2 Å². The number of rotatable bonds is 4. The number of carbonyl (C=O) groups excluding carboxylic acids is 1. The van der Waals surface area contributed by atoms with E-state index in [1.54, 1.807) is 18.2 Å². The second-order valence-corrected chi connectivity index (χ2v) is 5.13. The number of methoxy groups -OCH3 is 1. The molecule has 0 aromatic heterocycles. The predicted octanol–water partition coefficient (Wildman–Crippen LogP) is 1.49. The first-order valence-electron chi connectivity index (χ1n) is 7.11. The number of para-hydroxylation sites is 1. The van der Waals surface area contributed by atoms with Crippen molar-refractivity contribution in [3.63, 3.8) is 0 Å². The maximum Gasteiger partial charge on any atom is 0.255 e. The van der Waals surface area contributed by atoms with Crippen molar-refractivity contribution in [2.45, 2.75) is 25.8 Å². The van der Waals surface area contributed by atoms with Crippen molar-refractivity contribution in [2.24, 2.45) is 0 Å². The molecular weight excluding hydrogens is 254 g/mol. The Balaban J connectivity index is 2.07. The summed E-state index contributed by atoms with van der Waals surface area (Å²) in [4.78, 5) is 14.7. The number of hydrogen-bond acceptors (Lipinski definition) is 4. The molecule has 2 rings (SSSR count). The Bertz CT molecular complexity index is 476. The monoisotopic (exact) mass is 277 g/mol. The second kappa shape index (κ2) is 6.61. The highest BCUT2D eigenvalue weighted by Crippen LogP contribution is 2.26. The molecule has 1 aliphatic heterocycles. The van der Waals surface area contributed by atoms with Crippen LogP contribution in [0.25, 0.3) is 0 Å². The lowest BCUT2D eigenvalue weighted by atomic mass is 10.0. The Hall–Kier alpha value is -1.75. The largest absolute Gasteiger partial charge is 0.494 e. The van der Waals surface area contributed by atoms with Crippen LogP contribution in [0, 0.1) is 0 Å². The van der Waals surface area contributed by atoms with Gasteiger partial charge in [-0.1, -0.05) is 13.0 Å². The number of nitrogen functional groups attached to an aromatic ring is 1. The highest BCUT2D eigenvalue weighted by molar-refractivity contribution is 5.98. The Morgan fingerprint density at radius 3 is 3.05 bits per heavy atom. The molecule has 5 nitrogen and oxygen atoms in total. The van der Waals surface area contributed by atoms with E-state index in [1.807, 2.05) is 0 Å². The summed E-state index contributed by atoms with van der Waals surface area (Å²) in [7, 11) is 1.53. The predicted molar refractivity (Wildman–Crippen MR) is 80.0 cm³/mol. The van der Waals surface area contributed by atoms with E-state index in [1.165, 1.54) is 7.11 Å². The van der Waals surface area contributed by atoms with E-state index >= 15 is 0 Å². The van der Waals surface area contributed by atoms with Crippen LogP contribution < -0.4 is 15.8 Å². The van der Waals surface area contributed by atoms with Crippen LogP contribution in [0.1, 0.15) is 30.1 Å². The molecule has 1 amide bonds. The maximum atomic E-state index is 12.4. The molecule has 1 unspecified atom stereocenters. The van der Waals surface area contributed by atoms with Gasteiger partial charge in [0.05, 0.1) is 18.4 Å². The normalized spacial score (nSPS) is 19.6. The molecule has 3 N–H and O–H groups in total. The number of anilines is 1. The van der Waals surface area contributed by atoms with Gasteiger partial charge in [-0.05, 0) is 38.1 Å². The quantitative estimate of drug-likeness (QED) is 0.818. The molecule has 0 radical (unpaired) electrons. The van der Waals surface area contributed by atoms with Crippen molar-refractivity contribution in [3.8, 4) is 5.75 Å². The molecule has 1 aliphatic rings. The van der Waals surface area contributed by atoms with Gasteiger partial charge in [-0.15, -0.1) is 0 Å². The number of likely N-dealkylation sites (tertiary alicyclic amines) is 1. The van der Waals surface area contributed by atoms with Gasteiger partial charge in [-0.3, -0.25) is 4.79 Å². The third-order valence-electron chi connectivity index (χ3n) is 3.78. The van der Waals surface area contributed by atoms with E-state index in [4.69, 9.17) is 10.5 Å². The molecule has 1 saturated heterocycles. The van der Waals surface area contributed by atoms with E-state index in [-0.39, 0.29) is 11.9 Å². The van der Waals surface area contributed by atoms with Gasteiger partial charge in [0.25, 0.3) is 5.91 Å². The lowest BCUT2D eigenvalue weighted by molar-refractivity contribution is 0.0903. The third-order valence-corrected chi connectivity index (χ3v) is 3.78. The number of amides is 1.